The number of aromatic nitrogens is 1. The Hall–Kier alpha value is -2.07. The van der Waals surface area contributed by atoms with Crippen molar-refractivity contribution >= 4 is 23.4 Å². The molecule has 2 rings (SSSR count). The summed E-state index contributed by atoms with van der Waals surface area (Å²) >= 11 is 6.11. The molecule has 1 heterocycles. The van der Waals surface area contributed by atoms with Gasteiger partial charge in [-0.2, -0.15) is 0 Å². The van der Waals surface area contributed by atoms with E-state index in [0.717, 1.165) is 5.56 Å². The SMILES string of the molecule is CC(Nc1ncccc1C(=O)O)c1ccccc1Cl. The molecule has 19 heavy (non-hydrogen) atoms. The topological polar surface area (TPSA) is 62.2 Å². The maximum Gasteiger partial charge on any atom is 0.339 e. The number of hydrogen-bond donors (Lipinski definition) is 2. The predicted molar refractivity (Wildman–Crippen MR) is 74.7 cm³/mol. The van der Waals surface area contributed by atoms with Crippen LogP contribution in [0.3, 0.4) is 0 Å². The molecule has 1 unspecified atom stereocenters. The molecular formula is C14H13ClN2O2. The van der Waals surface area contributed by atoms with Gasteiger partial charge < -0.3 is 10.4 Å². The Labute approximate surface area is 116 Å². The minimum Gasteiger partial charge on any atom is -0.478 e. The maximum atomic E-state index is 11.1. The van der Waals surface area contributed by atoms with Crippen molar-refractivity contribution < 1.29 is 9.90 Å². The highest BCUT2D eigenvalue weighted by Crippen LogP contribution is 2.26. The second-order valence-corrected chi connectivity index (χ2v) is 4.50. The van der Waals surface area contributed by atoms with E-state index in [0.29, 0.717) is 10.8 Å². The Morgan fingerprint density at radius 3 is 2.74 bits per heavy atom. The van der Waals surface area contributed by atoms with Crippen LogP contribution < -0.4 is 5.32 Å². The van der Waals surface area contributed by atoms with Crippen molar-refractivity contribution in [2.24, 2.45) is 0 Å². The Bertz CT molecular complexity index is 602. The molecule has 0 radical (unpaired) electrons. The highest BCUT2D eigenvalue weighted by Gasteiger charge is 2.14. The first kappa shape index (κ1) is 13.4. The zero-order chi connectivity index (χ0) is 13.8. The molecule has 0 bridgehead atoms. The lowest BCUT2D eigenvalue weighted by Crippen LogP contribution is -2.12. The minimum atomic E-state index is -1.01. The molecule has 0 saturated heterocycles. The van der Waals surface area contributed by atoms with Crippen molar-refractivity contribution in [3.05, 3.63) is 58.7 Å². The van der Waals surface area contributed by atoms with Gasteiger partial charge in [0.1, 0.15) is 11.4 Å². The number of carboxylic acids is 1. The van der Waals surface area contributed by atoms with E-state index < -0.39 is 5.97 Å². The number of carbonyl (C=O) groups is 1. The molecule has 2 N–H and O–H groups in total. The van der Waals surface area contributed by atoms with E-state index in [1.165, 1.54) is 6.07 Å². The fourth-order valence-electron chi connectivity index (χ4n) is 1.80. The molecule has 1 aromatic carbocycles. The average molecular weight is 277 g/mol. The second kappa shape index (κ2) is 5.71. The molecule has 2 aromatic rings. The van der Waals surface area contributed by atoms with E-state index in [-0.39, 0.29) is 11.6 Å². The number of benzene rings is 1. The number of aromatic carboxylic acids is 1. The number of carboxylic acid groups (broad SMARTS) is 1. The maximum absolute atomic E-state index is 11.1. The molecule has 1 atom stereocenters. The van der Waals surface area contributed by atoms with Gasteiger partial charge in [-0.3, -0.25) is 0 Å². The molecule has 0 aliphatic heterocycles. The Morgan fingerprint density at radius 2 is 2.05 bits per heavy atom. The van der Waals surface area contributed by atoms with Crippen LogP contribution in [0.4, 0.5) is 5.82 Å². The van der Waals surface area contributed by atoms with E-state index in [4.69, 9.17) is 16.7 Å². The van der Waals surface area contributed by atoms with Gasteiger partial charge in [0.25, 0.3) is 0 Å². The number of rotatable bonds is 4. The van der Waals surface area contributed by atoms with Gasteiger partial charge in [-0.15, -0.1) is 0 Å². The summed E-state index contributed by atoms with van der Waals surface area (Å²) in [4.78, 5) is 15.2. The molecule has 4 nitrogen and oxygen atoms in total. The number of hydrogen-bond acceptors (Lipinski definition) is 3. The molecule has 98 valence electrons. The third-order valence-electron chi connectivity index (χ3n) is 2.76. The third kappa shape index (κ3) is 3.03. The first-order valence-corrected chi connectivity index (χ1v) is 6.16. The summed E-state index contributed by atoms with van der Waals surface area (Å²) < 4.78 is 0. The van der Waals surface area contributed by atoms with Crippen LogP contribution in [-0.4, -0.2) is 16.1 Å². The van der Waals surface area contributed by atoms with E-state index in [1.807, 2.05) is 25.1 Å². The normalized spacial score (nSPS) is 11.9. The molecule has 5 heteroatoms. The summed E-state index contributed by atoms with van der Waals surface area (Å²) in [5, 5.41) is 12.8. The highest BCUT2D eigenvalue weighted by molar-refractivity contribution is 6.31. The van der Waals surface area contributed by atoms with Crippen LogP contribution in [0.5, 0.6) is 0 Å². The van der Waals surface area contributed by atoms with Gasteiger partial charge in [0.15, 0.2) is 0 Å². The van der Waals surface area contributed by atoms with E-state index in [1.54, 1.807) is 18.3 Å². The van der Waals surface area contributed by atoms with Crippen molar-refractivity contribution in [1.82, 2.24) is 4.98 Å². The molecule has 0 fully saturated rings. The lowest BCUT2D eigenvalue weighted by atomic mass is 10.1. The summed E-state index contributed by atoms with van der Waals surface area (Å²) in [6.07, 6.45) is 1.55. The molecule has 0 saturated carbocycles. The first-order chi connectivity index (χ1) is 9.09. The molecule has 0 aliphatic rings. The first-order valence-electron chi connectivity index (χ1n) is 5.79. The lowest BCUT2D eigenvalue weighted by molar-refractivity contribution is 0.0697. The summed E-state index contributed by atoms with van der Waals surface area (Å²) in [7, 11) is 0. The van der Waals surface area contributed by atoms with Crippen LogP contribution in [0.15, 0.2) is 42.6 Å². The molecular weight excluding hydrogens is 264 g/mol. The van der Waals surface area contributed by atoms with Crippen molar-refractivity contribution in [3.8, 4) is 0 Å². The molecule has 0 amide bonds. The van der Waals surface area contributed by atoms with Crippen molar-refractivity contribution in [2.45, 2.75) is 13.0 Å². The van der Waals surface area contributed by atoms with Gasteiger partial charge in [-0.05, 0) is 30.7 Å². The number of anilines is 1. The van der Waals surface area contributed by atoms with E-state index in [9.17, 15) is 4.79 Å². The quantitative estimate of drug-likeness (QED) is 0.895. The van der Waals surface area contributed by atoms with Gasteiger partial charge in [-0.1, -0.05) is 29.8 Å². The summed E-state index contributed by atoms with van der Waals surface area (Å²) in [6, 6.07) is 10.4. The van der Waals surface area contributed by atoms with Crippen molar-refractivity contribution in [1.29, 1.82) is 0 Å². The standard InChI is InChI=1S/C14H13ClN2O2/c1-9(10-5-2-3-7-12(10)15)17-13-11(14(18)19)6-4-8-16-13/h2-9H,1H3,(H,16,17)(H,18,19). The van der Waals surface area contributed by atoms with Gasteiger partial charge in [0.2, 0.25) is 0 Å². The number of nitrogens with one attached hydrogen (secondary N) is 1. The van der Waals surface area contributed by atoms with Gasteiger partial charge in [0, 0.05) is 11.2 Å². The molecule has 1 aromatic heterocycles. The Balaban J connectivity index is 2.27. The third-order valence-corrected chi connectivity index (χ3v) is 3.11. The second-order valence-electron chi connectivity index (χ2n) is 4.09. The van der Waals surface area contributed by atoms with Crippen molar-refractivity contribution in [2.75, 3.05) is 5.32 Å². The summed E-state index contributed by atoms with van der Waals surface area (Å²) in [6.45, 7) is 1.90. The van der Waals surface area contributed by atoms with Gasteiger partial charge in [-0.25, -0.2) is 9.78 Å². The predicted octanol–water partition coefficient (Wildman–Crippen LogP) is 3.61. The summed E-state index contributed by atoms with van der Waals surface area (Å²) in [5.74, 6) is -0.677. The van der Waals surface area contributed by atoms with Crippen LogP contribution in [-0.2, 0) is 0 Å². The minimum absolute atomic E-state index is 0.137. The Morgan fingerprint density at radius 1 is 1.32 bits per heavy atom. The zero-order valence-electron chi connectivity index (χ0n) is 10.3. The summed E-state index contributed by atoms with van der Waals surface area (Å²) in [5.41, 5.74) is 1.03. The van der Waals surface area contributed by atoms with Crippen LogP contribution in [0.2, 0.25) is 5.02 Å². The zero-order valence-corrected chi connectivity index (χ0v) is 11.1. The highest BCUT2D eigenvalue weighted by atomic mass is 35.5. The fraction of sp³-hybridized carbons (Fsp3) is 0.143. The Kier molecular flexibility index (Phi) is 4.02. The fourth-order valence-corrected chi connectivity index (χ4v) is 2.10. The molecule has 0 aliphatic carbocycles. The monoisotopic (exact) mass is 276 g/mol. The smallest absolute Gasteiger partial charge is 0.339 e. The molecule has 0 spiro atoms. The largest absolute Gasteiger partial charge is 0.478 e. The van der Waals surface area contributed by atoms with Gasteiger partial charge in [0.05, 0.1) is 6.04 Å². The number of pyridine rings is 1. The van der Waals surface area contributed by atoms with Crippen LogP contribution >= 0.6 is 11.6 Å². The lowest BCUT2D eigenvalue weighted by Gasteiger charge is -2.17. The number of nitrogens with zero attached hydrogens (tertiary/aromatic N) is 1. The average Bonchev–Trinajstić information content (AvgIpc) is 2.39. The van der Waals surface area contributed by atoms with Gasteiger partial charge >= 0.3 is 5.97 Å². The van der Waals surface area contributed by atoms with Crippen LogP contribution in [0, 0.1) is 0 Å². The van der Waals surface area contributed by atoms with Crippen molar-refractivity contribution in [3.63, 3.8) is 0 Å². The van der Waals surface area contributed by atoms with E-state index in [2.05, 4.69) is 10.3 Å². The number of halogens is 1. The van der Waals surface area contributed by atoms with Crippen LogP contribution in [0.25, 0.3) is 0 Å². The van der Waals surface area contributed by atoms with Crippen LogP contribution in [0.1, 0.15) is 28.9 Å². The van der Waals surface area contributed by atoms with E-state index >= 15 is 0 Å².